The molecule has 0 N–H and O–H groups in total. The lowest BCUT2D eigenvalue weighted by molar-refractivity contribution is 0.0537. The molecule has 0 aliphatic carbocycles. The van der Waals surface area contributed by atoms with Crippen LogP contribution in [0.25, 0.3) is 0 Å². The summed E-state index contributed by atoms with van der Waals surface area (Å²) in [5.74, 6) is 0. The zero-order chi connectivity index (χ0) is 26.5. The SMILES string of the molecule is C=CC/C=C\CCCCCCCCC(CCCCCCCCC/C=C\CC)OC(=O)N(CC)CCC. The van der Waals surface area contributed by atoms with Crippen LogP contribution in [0.1, 0.15) is 149 Å². The Morgan fingerprint density at radius 1 is 0.722 bits per heavy atom. The molecule has 36 heavy (non-hydrogen) atoms. The minimum absolute atomic E-state index is 0.0868. The zero-order valence-electron chi connectivity index (χ0n) is 24.5. The molecule has 0 bridgehead atoms. The monoisotopic (exact) mass is 503 g/mol. The van der Waals surface area contributed by atoms with Gasteiger partial charge < -0.3 is 9.64 Å². The second-order valence-corrected chi connectivity index (χ2v) is 10.2. The van der Waals surface area contributed by atoms with Crippen molar-refractivity contribution < 1.29 is 9.53 Å². The lowest BCUT2D eigenvalue weighted by Crippen LogP contribution is -2.34. The van der Waals surface area contributed by atoms with Gasteiger partial charge in [0.15, 0.2) is 0 Å². The zero-order valence-corrected chi connectivity index (χ0v) is 24.5. The van der Waals surface area contributed by atoms with E-state index in [-0.39, 0.29) is 12.2 Å². The molecule has 0 aromatic carbocycles. The van der Waals surface area contributed by atoms with Gasteiger partial charge in [-0.3, -0.25) is 0 Å². The van der Waals surface area contributed by atoms with Crippen LogP contribution >= 0.6 is 0 Å². The summed E-state index contributed by atoms with van der Waals surface area (Å²) in [4.78, 5) is 14.5. The third kappa shape index (κ3) is 22.9. The Bertz CT molecular complexity index is 540. The van der Waals surface area contributed by atoms with Gasteiger partial charge >= 0.3 is 6.09 Å². The standard InChI is InChI=1S/C33H61NO2/c1-5-9-11-13-15-17-19-21-23-25-27-29-32(36-33(35)34(8-4)31-7-3)30-28-26-24-22-20-18-16-14-12-10-6-2/h5,10-13,32H,1,6-9,14-31H2,2-4H3/b12-10-,13-11-. The Kier molecular flexibility index (Phi) is 26.9. The highest BCUT2D eigenvalue weighted by atomic mass is 16.6. The van der Waals surface area contributed by atoms with Crippen LogP contribution in [0.4, 0.5) is 4.79 Å². The molecule has 0 aromatic heterocycles. The average molecular weight is 504 g/mol. The van der Waals surface area contributed by atoms with Crippen LogP contribution in [-0.4, -0.2) is 30.2 Å². The first-order valence-electron chi connectivity index (χ1n) is 15.6. The molecule has 1 unspecified atom stereocenters. The number of ether oxygens (including phenoxy) is 1. The van der Waals surface area contributed by atoms with Gasteiger partial charge in [-0.2, -0.15) is 0 Å². The van der Waals surface area contributed by atoms with Crippen LogP contribution in [0.5, 0.6) is 0 Å². The summed E-state index contributed by atoms with van der Waals surface area (Å²) >= 11 is 0. The first-order chi connectivity index (χ1) is 17.7. The molecule has 0 saturated carbocycles. The maximum absolute atomic E-state index is 12.7. The molecule has 0 spiro atoms. The van der Waals surface area contributed by atoms with Crippen LogP contribution in [0.3, 0.4) is 0 Å². The van der Waals surface area contributed by atoms with E-state index in [0.717, 1.165) is 45.2 Å². The van der Waals surface area contributed by atoms with E-state index in [4.69, 9.17) is 4.74 Å². The van der Waals surface area contributed by atoms with Gasteiger partial charge in [0.25, 0.3) is 0 Å². The summed E-state index contributed by atoms with van der Waals surface area (Å²) in [6, 6.07) is 0. The Balaban J connectivity index is 4.14. The van der Waals surface area contributed by atoms with E-state index in [9.17, 15) is 4.79 Å². The predicted octanol–water partition coefficient (Wildman–Crippen LogP) is 11.0. The molecule has 3 nitrogen and oxygen atoms in total. The molecule has 0 aromatic rings. The summed E-state index contributed by atoms with van der Waals surface area (Å²) in [6.45, 7) is 11.6. The van der Waals surface area contributed by atoms with Crippen LogP contribution in [0.2, 0.25) is 0 Å². The second kappa shape index (κ2) is 28.1. The maximum atomic E-state index is 12.7. The topological polar surface area (TPSA) is 29.5 Å². The fourth-order valence-electron chi connectivity index (χ4n) is 4.58. The highest BCUT2D eigenvalue weighted by Gasteiger charge is 2.18. The molecular weight excluding hydrogens is 442 g/mol. The quantitative estimate of drug-likeness (QED) is 0.0867. The number of amides is 1. The van der Waals surface area contributed by atoms with Crippen molar-refractivity contribution in [3.8, 4) is 0 Å². The molecule has 0 aliphatic rings. The lowest BCUT2D eigenvalue weighted by atomic mass is 10.0. The number of hydrogen-bond acceptors (Lipinski definition) is 2. The molecule has 1 amide bonds. The summed E-state index contributed by atoms with van der Waals surface area (Å²) in [6.07, 6.45) is 35.3. The molecule has 3 heteroatoms. The molecule has 0 aliphatic heterocycles. The molecule has 210 valence electrons. The van der Waals surface area contributed by atoms with Crippen molar-refractivity contribution in [3.05, 3.63) is 37.0 Å². The van der Waals surface area contributed by atoms with Crippen LogP contribution < -0.4 is 0 Å². The highest BCUT2D eigenvalue weighted by Crippen LogP contribution is 2.18. The van der Waals surface area contributed by atoms with E-state index >= 15 is 0 Å². The fourth-order valence-corrected chi connectivity index (χ4v) is 4.58. The highest BCUT2D eigenvalue weighted by molar-refractivity contribution is 5.67. The summed E-state index contributed by atoms with van der Waals surface area (Å²) in [7, 11) is 0. The summed E-state index contributed by atoms with van der Waals surface area (Å²) in [5.41, 5.74) is 0. The Hall–Kier alpha value is -1.51. The fraction of sp³-hybridized carbons (Fsp3) is 0.788. The minimum atomic E-state index is -0.106. The van der Waals surface area contributed by atoms with Crippen LogP contribution in [0.15, 0.2) is 37.0 Å². The number of carbonyl (C=O) groups is 1. The average Bonchev–Trinajstić information content (AvgIpc) is 2.88. The van der Waals surface area contributed by atoms with Crippen molar-refractivity contribution in [2.24, 2.45) is 0 Å². The molecular formula is C33H61NO2. The van der Waals surface area contributed by atoms with Crippen molar-refractivity contribution in [1.29, 1.82) is 0 Å². The van der Waals surface area contributed by atoms with Gasteiger partial charge in [0, 0.05) is 13.1 Å². The molecule has 1 atom stereocenters. The van der Waals surface area contributed by atoms with E-state index in [1.165, 1.54) is 96.3 Å². The molecule has 0 saturated heterocycles. The largest absolute Gasteiger partial charge is 0.446 e. The van der Waals surface area contributed by atoms with Crippen molar-refractivity contribution >= 4 is 6.09 Å². The van der Waals surface area contributed by atoms with Gasteiger partial charge in [0.2, 0.25) is 0 Å². The van der Waals surface area contributed by atoms with E-state index in [2.05, 4.69) is 44.7 Å². The molecule has 0 fully saturated rings. The Morgan fingerprint density at radius 3 is 1.69 bits per heavy atom. The van der Waals surface area contributed by atoms with Crippen LogP contribution in [0, 0.1) is 0 Å². The number of allylic oxidation sites excluding steroid dienone is 5. The number of hydrogen-bond donors (Lipinski definition) is 0. The van der Waals surface area contributed by atoms with E-state index in [1.807, 2.05) is 17.9 Å². The Labute approximate surface area is 225 Å². The Morgan fingerprint density at radius 2 is 1.22 bits per heavy atom. The third-order valence-electron chi connectivity index (χ3n) is 6.82. The number of nitrogens with zero attached hydrogens (tertiary/aromatic N) is 1. The van der Waals surface area contributed by atoms with Crippen molar-refractivity contribution in [1.82, 2.24) is 4.90 Å². The van der Waals surface area contributed by atoms with E-state index in [0.29, 0.717) is 0 Å². The summed E-state index contributed by atoms with van der Waals surface area (Å²) < 4.78 is 6.01. The normalized spacial score (nSPS) is 12.4. The first kappa shape index (κ1) is 34.5. The molecule has 0 radical (unpaired) electrons. The van der Waals surface area contributed by atoms with E-state index < -0.39 is 0 Å². The predicted molar refractivity (Wildman–Crippen MR) is 160 cm³/mol. The van der Waals surface area contributed by atoms with Gasteiger partial charge in [0.05, 0.1) is 0 Å². The van der Waals surface area contributed by atoms with Gasteiger partial charge in [-0.25, -0.2) is 4.79 Å². The summed E-state index contributed by atoms with van der Waals surface area (Å²) in [5, 5.41) is 0. The van der Waals surface area contributed by atoms with Crippen LogP contribution in [-0.2, 0) is 4.74 Å². The third-order valence-corrected chi connectivity index (χ3v) is 6.82. The minimum Gasteiger partial charge on any atom is -0.446 e. The molecule has 0 rings (SSSR count). The van der Waals surface area contributed by atoms with Gasteiger partial charge in [0.1, 0.15) is 6.10 Å². The maximum Gasteiger partial charge on any atom is 0.410 e. The van der Waals surface area contributed by atoms with Gasteiger partial charge in [-0.15, -0.1) is 6.58 Å². The van der Waals surface area contributed by atoms with Crippen molar-refractivity contribution in [3.63, 3.8) is 0 Å². The van der Waals surface area contributed by atoms with Crippen molar-refractivity contribution in [2.75, 3.05) is 13.1 Å². The van der Waals surface area contributed by atoms with Gasteiger partial charge in [-0.1, -0.05) is 102 Å². The van der Waals surface area contributed by atoms with Crippen molar-refractivity contribution in [2.45, 2.75) is 155 Å². The number of rotatable bonds is 26. The number of unbranched alkanes of at least 4 members (excludes halogenated alkanes) is 13. The smallest absolute Gasteiger partial charge is 0.410 e. The second-order valence-electron chi connectivity index (χ2n) is 10.2. The number of carbonyl (C=O) groups excluding carboxylic acids is 1. The lowest BCUT2D eigenvalue weighted by Gasteiger charge is -2.24. The first-order valence-corrected chi connectivity index (χ1v) is 15.6. The molecule has 0 heterocycles. The van der Waals surface area contributed by atoms with E-state index in [1.54, 1.807) is 0 Å². The van der Waals surface area contributed by atoms with Gasteiger partial charge in [-0.05, 0) is 77.6 Å².